The van der Waals surface area contributed by atoms with Gasteiger partial charge in [-0.25, -0.2) is 0 Å². The minimum atomic E-state index is -0.0303. The molecule has 0 aliphatic rings. The first-order valence-corrected chi connectivity index (χ1v) is 9.39. The molecule has 3 nitrogen and oxygen atoms in total. The smallest absolute Gasteiger partial charge is 0.253 e. The van der Waals surface area contributed by atoms with Crippen molar-refractivity contribution in [1.29, 1.82) is 0 Å². The average Bonchev–Trinajstić information content (AvgIpc) is 3.09. The van der Waals surface area contributed by atoms with Crippen LogP contribution in [0.4, 0.5) is 0 Å². The summed E-state index contributed by atoms with van der Waals surface area (Å²) in [6, 6.07) is 24.0. The highest BCUT2D eigenvalue weighted by atomic mass is 32.1. The third kappa shape index (κ3) is 3.37. The standard InChI is InChI=1S/C22H18N2OS/c25-22(24-15-13-17-10-6-7-14-23-17)20-18-11-4-5-12-19(18)26-21(20)16-8-2-1-3-9-16/h1-12,14H,13,15H2,(H,24,25). The molecule has 1 N–H and O–H groups in total. The summed E-state index contributed by atoms with van der Waals surface area (Å²) in [7, 11) is 0. The largest absolute Gasteiger partial charge is 0.352 e. The maximum atomic E-state index is 13.0. The van der Waals surface area contributed by atoms with Gasteiger partial charge in [-0.3, -0.25) is 9.78 Å². The minimum absolute atomic E-state index is 0.0303. The highest BCUT2D eigenvalue weighted by Crippen LogP contribution is 2.38. The van der Waals surface area contributed by atoms with E-state index >= 15 is 0 Å². The van der Waals surface area contributed by atoms with E-state index in [-0.39, 0.29) is 5.91 Å². The Bertz CT molecular complexity index is 1030. The molecule has 0 aliphatic carbocycles. The Labute approximate surface area is 156 Å². The molecule has 0 spiro atoms. The van der Waals surface area contributed by atoms with Crippen molar-refractivity contribution in [2.24, 2.45) is 0 Å². The first kappa shape index (κ1) is 16.5. The van der Waals surface area contributed by atoms with E-state index in [1.807, 2.05) is 54.6 Å². The Morgan fingerprint density at radius 3 is 2.50 bits per heavy atom. The van der Waals surface area contributed by atoms with Crippen LogP contribution in [0.1, 0.15) is 16.1 Å². The van der Waals surface area contributed by atoms with Crippen LogP contribution in [0.2, 0.25) is 0 Å². The maximum absolute atomic E-state index is 13.0. The van der Waals surface area contributed by atoms with E-state index in [0.717, 1.165) is 38.2 Å². The number of aromatic nitrogens is 1. The number of hydrogen-bond donors (Lipinski definition) is 1. The number of benzene rings is 2. The van der Waals surface area contributed by atoms with Crippen LogP contribution in [0.25, 0.3) is 20.5 Å². The van der Waals surface area contributed by atoms with Gasteiger partial charge in [-0.1, -0.05) is 54.6 Å². The Hall–Kier alpha value is -2.98. The zero-order chi connectivity index (χ0) is 17.8. The molecule has 4 heteroatoms. The van der Waals surface area contributed by atoms with Gasteiger partial charge in [0.05, 0.1) is 5.56 Å². The van der Waals surface area contributed by atoms with Gasteiger partial charge in [-0.15, -0.1) is 11.3 Å². The number of nitrogens with zero attached hydrogens (tertiary/aromatic N) is 1. The van der Waals surface area contributed by atoms with E-state index in [2.05, 4.69) is 28.5 Å². The molecule has 2 aromatic heterocycles. The molecule has 128 valence electrons. The highest BCUT2D eigenvalue weighted by Gasteiger charge is 2.19. The first-order chi connectivity index (χ1) is 12.8. The van der Waals surface area contributed by atoms with E-state index in [0.29, 0.717) is 6.54 Å². The number of hydrogen-bond acceptors (Lipinski definition) is 3. The third-order valence-corrected chi connectivity index (χ3v) is 5.47. The van der Waals surface area contributed by atoms with Gasteiger partial charge in [0.25, 0.3) is 5.91 Å². The summed E-state index contributed by atoms with van der Waals surface area (Å²) in [5.74, 6) is -0.0303. The van der Waals surface area contributed by atoms with Crippen molar-refractivity contribution < 1.29 is 4.79 Å². The molecule has 0 saturated heterocycles. The summed E-state index contributed by atoms with van der Waals surface area (Å²) in [6.45, 7) is 0.564. The normalized spacial score (nSPS) is 10.8. The number of carbonyl (C=O) groups excluding carboxylic acids is 1. The molecule has 26 heavy (non-hydrogen) atoms. The Morgan fingerprint density at radius 2 is 1.69 bits per heavy atom. The third-order valence-electron chi connectivity index (χ3n) is 4.25. The zero-order valence-electron chi connectivity index (χ0n) is 14.2. The summed E-state index contributed by atoms with van der Waals surface area (Å²) in [6.07, 6.45) is 2.49. The molecule has 1 amide bonds. The highest BCUT2D eigenvalue weighted by molar-refractivity contribution is 7.22. The van der Waals surface area contributed by atoms with Gasteiger partial charge >= 0.3 is 0 Å². The summed E-state index contributed by atoms with van der Waals surface area (Å²) in [5.41, 5.74) is 2.81. The molecule has 0 atom stereocenters. The van der Waals surface area contributed by atoms with Gasteiger partial charge in [0.1, 0.15) is 0 Å². The lowest BCUT2D eigenvalue weighted by Gasteiger charge is -2.07. The molecule has 0 saturated carbocycles. The zero-order valence-corrected chi connectivity index (χ0v) is 15.0. The van der Waals surface area contributed by atoms with Crippen LogP contribution >= 0.6 is 11.3 Å². The van der Waals surface area contributed by atoms with E-state index in [1.54, 1.807) is 17.5 Å². The topological polar surface area (TPSA) is 42.0 Å². The van der Waals surface area contributed by atoms with Crippen LogP contribution in [0.5, 0.6) is 0 Å². The predicted octanol–water partition coefficient (Wildman–Crippen LogP) is 4.94. The number of fused-ring (bicyclic) bond motifs is 1. The van der Waals surface area contributed by atoms with Gasteiger partial charge in [-0.2, -0.15) is 0 Å². The predicted molar refractivity (Wildman–Crippen MR) is 108 cm³/mol. The van der Waals surface area contributed by atoms with Crippen molar-refractivity contribution in [3.63, 3.8) is 0 Å². The van der Waals surface area contributed by atoms with E-state index in [4.69, 9.17) is 0 Å². The quantitative estimate of drug-likeness (QED) is 0.549. The molecule has 0 aliphatic heterocycles. The van der Waals surface area contributed by atoms with Crippen molar-refractivity contribution in [2.75, 3.05) is 6.54 Å². The minimum Gasteiger partial charge on any atom is -0.352 e. The second-order valence-corrected chi connectivity index (χ2v) is 7.05. The molecule has 0 fully saturated rings. The summed E-state index contributed by atoms with van der Waals surface area (Å²) in [4.78, 5) is 18.3. The molecular weight excluding hydrogens is 340 g/mol. The van der Waals surface area contributed by atoms with Crippen LogP contribution in [0.15, 0.2) is 79.0 Å². The fourth-order valence-corrected chi connectivity index (χ4v) is 4.21. The van der Waals surface area contributed by atoms with E-state index in [1.165, 1.54) is 0 Å². The lowest BCUT2D eigenvalue weighted by molar-refractivity contribution is 0.0956. The Kier molecular flexibility index (Phi) is 4.75. The van der Waals surface area contributed by atoms with Gasteiger partial charge in [-0.05, 0) is 23.8 Å². The Morgan fingerprint density at radius 1 is 0.923 bits per heavy atom. The molecule has 2 aromatic carbocycles. The summed E-state index contributed by atoms with van der Waals surface area (Å²) >= 11 is 1.66. The fourth-order valence-electron chi connectivity index (χ4n) is 3.00. The molecule has 4 rings (SSSR count). The van der Waals surface area contributed by atoms with Crippen molar-refractivity contribution in [3.8, 4) is 10.4 Å². The van der Waals surface area contributed by atoms with Crippen molar-refractivity contribution in [1.82, 2.24) is 10.3 Å². The van der Waals surface area contributed by atoms with Crippen molar-refractivity contribution >= 4 is 27.3 Å². The van der Waals surface area contributed by atoms with Crippen LogP contribution < -0.4 is 5.32 Å². The molecule has 4 aromatic rings. The van der Waals surface area contributed by atoms with Gasteiger partial charge < -0.3 is 5.32 Å². The monoisotopic (exact) mass is 358 g/mol. The van der Waals surface area contributed by atoms with E-state index in [9.17, 15) is 4.79 Å². The van der Waals surface area contributed by atoms with Crippen LogP contribution in [0, 0.1) is 0 Å². The van der Waals surface area contributed by atoms with Crippen LogP contribution in [-0.2, 0) is 6.42 Å². The second-order valence-electron chi connectivity index (χ2n) is 6.00. The lowest BCUT2D eigenvalue weighted by atomic mass is 10.1. The average molecular weight is 358 g/mol. The summed E-state index contributed by atoms with van der Waals surface area (Å²) in [5, 5.41) is 4.07. The van der Waals surface area contributed by atoms with Crippen molar-refractivity contribution in [2.45, 2.75) is 6.42 Å². The number of nitrogens with one attached hydrogen (secondary N) is 1. The molecular formula is C22H18N2OS. The molecule has 0 unspecified atom stereocenters. The number of amides is 1. The summed E-state index contributed by atoms with van der Waals surface area (Å²) < 4.78 is 1.13. The number of thiophene rings is 1. The first-order valence-electron chi connectivity index (χ1n) is 8.58. The number of pyridine rings is 1. The van der Waals surface area contributed by atoms with Gasteiger partial charge in [0, 0.05) is 39.8 Å². The van der Waals surface area contributed by atoms with Gasteiger partial charge in [0.2, 0.25) is 0 Å². The van der Waals surface area contributed by atoms with Crippen LogP contribution in [-0.4, -0.2) is 17.4 Å². The molecule has 2 heterocycles. The van der Waals surface area contributed by atoms with Gasteiger partial charge in [0.15, 0.2) is 0 Å². The lowest BCUT2D eigenvalue weighted by Crippen LogP contribution is -2.26. The number of rotatable bonds is 5. The van der Waals surface area contributed by atoms with E-state index < -0.39 is 0 Å². The Balaban J connectivity index is 1.63. The SMILES string of the molecule is O=C(NCCc1ccccn1)c1c(-c2ccccc2)sc2ccccc12. The number of carbonyl (C=O) groups is 1. The maximum Gasteiger partial charge on any atom is 0.253 e. The molecule has 0 radical (unpaired) electrons. The second kappa shape index (κ2) is 7.50. The molecule has 0 bridgehead atoms. The fraction of sp³-hybridized carbons (Fsp3) is 0.0909. The van der Waals surface area contributed by atoms with Crippen molar-refractivity contribution in [3.05, 3.63) is 90.3 Å². The van der Waals surface area contributed by atoms with Crippen LogP contribution in [0.3, 0.4) is 0 Å².